The molecule has 2 aromatic rings. The Bertz CT molecular complexity index is 598. The van der Waals surface area contributed by atoms with Crippen molar-refractivity contribution in [1.82, 2.24) is 9.78 Å². The van der Waals surface area contributed by atoms with E-state index in [1.54, 1.807) is 23.9 Å². The van der Waals surface area contributed by atoms with E-state index in [1.807, 2.05) is 18.7 Å². The molecule has 0 aliphatic carbocycles. The molecule has 2 rings (SSSR count). The van der Waals surface area contributed by atoms with E-state index < -0.39 is 0 Å². The molecule has 0 bridgehead atoms. The second-order valence-electron chi connectivity index (χ2n) is 4.91. The van der Waals surface area contributed by atoms with Crippen LogP contribution in [0.3, 0.4) is 0 Å². The fourth-order valence-corrected chi connectivity index (χ4v) is 3.31. The molecular formula is C15H19ClFN3S. The Kier molecular flexibility index (Phi) is 5.67. The maximum Gasteiger partial charge on any atom is 0.123 e. The predicted octanol–water partition coefficient (Wildman–Crippen LogP) is 3.44. The Morgan fingerprint density at radius 2 is 2.05 bits per heavy atom. The Morgan fingerprint density at radius 1 is 1.38 bits per heavy atom. The normalized spacial score (nSPS) is 12.6. The highest BCUT2D eigenvalue weighted by Crippen LogP contribution is 2.24. The maximum atomic E-state index is 12.8. The number of nitrogens with zero attached hydrogens (tertiary/aromatic N) is 2. The van der Waals surface area contributed by atoms with Crippen molar-refractivity contribution in [2.45, 2.75) is 30.7 Å². The molecule has 0 radical (unpaired) electrons. The summed E-state index contributed by atoms with van der Waals surface area (Å²) in [6, 6.07) is 6.41. The van der Waals surface area contributed by atoms with Crippen LogP contribution in [-0.2, 0) is 19.9 Å². The van der Waals surface area contributed by atoms with E-state index in [9.17, 15) is 4.39 Å². The summed E-state index contributed by atoms with van der Waals surface area (Å²) in [6.45, 7) is 2.03. The Labute approximate surface area is 133 Å². The average Bonchev–Trinajstić information content (AvgIpc) is 2.74. The highest BCUT2D eigenvalue weighted by molar-refractivity contribution is 7.99. The summed E-state index contributed by atoms with van der Waals surface area (Å²) in [6.07, 6.45) is 1.49. The number of aromatic nitrogens is 2. The van der Waals surface area contributed by atoms with E-state index in [0.29, 0.717) is 6.42 Å². The maximum absolute atomic E-state index is 12.8. The quantitative estimate of drug-likeness (QED) is 0.827. The SMILES string of the molecule is CCc1nn(C)c(CC(N)CSc2ccc(F)cc2)c1Cl. The molecule has 2 N–H and O–H groups in total. The number of hydrogen-bond acceptors (Lipinski definition) is 3. The van der Waals surface area contributed by atoms with Gasteiger partial charge in [-0.25, -0.2) is 4.39 Å². The lowest BCUT2D eigenvalue weighted by Gasteiger charge is -2.12. The summed E-state index contributed by atoms with van der Waals surface area (Å²) in [4.78, 5) is 1.01. The minimum atomic E-state index is -0.225. The largest absolute Gasteiger partial charge is 0.327 e. The topological polar surface area (TPSA) is 43.8 Å². The van der Waals surface area contributed by atoms with Gasteiger partial charge >= 0.3 is 0 Å². The van der Waals surface area contributed by atoms with Gasteiger partial charge in [-0.2, -0.15) is 5.10 Å². The number of rotatable bonds is 6. The number of hydrogen-bond donors (Lipinski definition) is 1. The highest BCUT2D eigenvalue weighted by Gasteiger charge is 2.16. The molecule has 3 nitrogen and oxygen atoms in total. The van der Waals surface area contributed by atoms with Crippen LogP contribution in [0.1, 0.15) is 18.3 Å². The Morgan fingerprint density at radius 3 is 2.62 bits per heavy atom. The molecule has 114 valence electrons. The van der Waals surface area contributed by atoms with Crippen LogP contribution < -0.4 is 5.73 Å². The number of nitrogens with two attached hydrogens (primary N) is 1. The third kappa shape index (κ3) is 4.22. The third-order valence-corrected chi connectivity index (χ3v) is 4.87. The third-order valence-electron chi connectivity index (χ3n) is 3.24. The summed E-state index contributed by atoms with van der Waals surface area (Å²) in [7, 11) is 1.89. The molecular weight excluding hydrogens is 309 g/mol. The lowest BCUT2D eigenvalue weighted by Crippen LogP contribution is -2.26. The molecule has 1 unspecified atom stereocenters. The van der Waals surface area contributed by atoms with Gasteiger partial charge in [-0.15, -0.1) is 11.8 Å². The van der Waals surface area contributed by atoms with E-state index in [-0.39, 0.29) is 11.9 Å². The summed E-state index contributed by atoms with van der Waals surface area (Å²) >= 11 is 7.94. The molecule has 1 aromatic heterocycles. The fourth-order valence-electron chi connectivity index (χ4n) is 2.08. The van der Waals surface area contributed by atoms with Crippen LogP contribution in [0.25, 0.3) is 0 Å². The molecule has 0 aliphatic rings. The van der Waals surface area contributed by atoms with E-state index >= 15 is 0 Å². The zero-order valence-corrected chi connectivity index (χ0v) is 13.7. The first-order chi connectivity index (χ1) is 10.0. The van der Waals surface area contributed by atoms with Crippen LogP contribution in [0.4, 0.5) is 4.39 Å². The number of aryl methyl sites for hydroxylation is 2. The molecule has 6 heteroatoms. The molecule has 0 saturated carbocycles. The summed E-state index contributed by atoms with van der Waals surface area (Å²) in [5.74, 6) is 0.520. The summed E-state index contributed by atoms with van der Waals surface area (Å²) in [5, 5.41) is 5.11. The molecule has 0 aliphatic heterocycles. The van der Waals surface area contributed by atoms with Crippen LogP contribution in [0.15, 0.2) is 29.2 Å². The lowest BCUT2D eigenvalue weighted by molar-refractivity contribution is 0.626. The van der Waals surface area contributed by atoms with E-state index in [0.717, 1.165) is 33.5 Å². The van der Waals surface area contributed by atoms with Crippen molar-refractivity contribution < 1.29 is 4.39 Å². The van der Waals surface area contributed by atoms with Gasteiger partial charge in [0.2, 0.25) is 0 Å². The van der Waals surface area contributed by atoms with Crippen molar-refractivity contribution in [1.29, 1.82) is 0 Å². The highest BCUT2D eigenvalue weighted by atomic mass is 35.5. The van der Waals surface area contributed by atoms with Gasteiger partial charge in [0.1, 0.15) is 5.82 Å². The Balaban J connectivity index is 1.94. The zero-order valence-electron chi connectivity index (χ0n) is 12.1. The van der Waals surface area contributed by atoms with E-state index in [4.69, 9.17) is 17.3 Å². The van der Waals surface area contributed by atoms with Crippen molar-refractivity contribution in [2.24, 2.45) is 12.8 Å². The van der Waals surface area contributed by atoms with Gasteiger partial charge in [-0.05, 0) is 30.7 Å². The second kappa shape index (κ2) is 7.29. The first kappa shape index (κ1) is 16.3. The smallest absolute Gasteiger partial charge is 0.123 e. The second-order valence-corrected chi connectivity index (χ2v) is 6.39. The zero-order chi connectivity index (χ0) is 15.4. The summed E-state index contributed by atoms with van der Waals surface area (Å²) < 4.78 is 14.6. The molecule has 0 saturated heterocycles. The minimum absolute atomic E-state index is 0.0299. The van der Waals surface area contributed by atoms with Crippen LogP contribution in [0, 0.1) is 5.82 Å². The van der Waals surface area contributed by atoms with Crippen LogP contribution >= 0.6 is 23.4 Å². The van der Waals surface area contributed by atoms with Gasteiger partial charge in [0.05, 0.1) is 16.4 Å². The number of benzene rings is 1. The van der Waals surface area contributed by atoms with Gasteiger partial charge in [0.25, 0.3) is 0 Å². The van der Waals surface area contributed by atoms with Gasteiger partial charge in [-0.3, -0.25) is 4.68 Å². The van der Waals surface area contributed by atoms with E-state index in [2.05, 4.69) is 5.10 Å². The Hall–Kier alpha value is -1.04. The lowest BCUT2D eigenvalue weighted by atomic mass is 10.2. The number of halogens is 2. The molecule has 21 heavy (non-hydrogen) atoms. The van der Waals surface area contributed by atoms with Crippen molar-refractivity contribution in [3.63, 3.8) is 0 Å². The first-order valence-corrected chi connectivity index (χ1v) is 8.21. The van der Waals surface area contributed by atoms with Crippen molar-refractivity contribution >= 4 is 23.4 Å². The predicted molar refractivity (Wildman–Crippen MR) is 86.4 cm³/mol. The average molecular weight is 328 g/mol. The summed E-state index contributed by atoms with van der Waals surface area (Å²) in [5.41, 5.74) is 8.06. The molecule has 0 amide bonds. The van der Waals surface area contributed by atoms with E-state index in [1.165, 1.54) is 12.1 Å². The van der Waals surface area contributed by atoms with Crippen molar-refractivity contribution in [3.05, 3.63) is 46.5 Å². The minimum Gasteiger partial charge on any atom is -0.327 e. The van der Waals surface area contributed by atoms with Crippen molar-refractivity contribution in [2.75, 3.05) is 5.75 Å². The van der Waals surface area contributed by atoms with Crippen molar-refractivity contribution in [3.8, 4) is 0 Å². The molecule has 1 atom stereocenters. The van der Waals surface area contributed by atoms with Gasteiger partial charge in [0.15, 0.2) is 0 Å². The molecule has 1 heterocycles. The molecule has 0 spiro atoms. The molecule has 0 fully saturated rings. The van der Waals surface area contributed by atoms with Gasteiger partial charge in [0, 0.05) is 30.2 Å². The first-order valence-electron chi connectivity index (χ1n) is 6.85. The van der Waals surface area contributed by atoms with Gasteiger partial charge in [-0.1, -0.05) is 18.5 Å². The van der Waals surface area contributed by atoms with Crippen LogP contribution in [0.2, 0.25) is 5.02 Å². The standard InChI is InChI=1S/C15H19ClFN3S/c1-3-13-15(16)14(20(2)19-13)8-11(18)9-21-12-6-4-10(17)5-7-12/h4-7,11H,3,8-9,18H2,1-2H3. The van der Waals surface area contributed by atoms with Crippen LogP contribution in [-0.4, -0.2) is 21.6 Å². The monoisotopic (exact) mass is 327 g/mol. The fraction of sp³-hybridized carbons (Fsp3) is 0.400. The number of thioether (sulfide) groups is 1. The molecule has 1 aromatic carbocycles. The van der Waals surface area contributed by atoms with Crippen LogP contribution in [0.5, 0.6) is 0 Å². The van der Waals surface area contributed by atoms with Gasteiger partial charge < -0.3 is 5.73 Å².